The van der Waals surface area contributed by atoms with Crippen molar-refractivity contribution >= 4 is 11.6 Å². The molecule has 1 fully saturated rings. The average Bonchev–Trinajstić information content (AvgIpc) is 2.72. The summed E-state index contributed by atoms with van der Waals surface area (Å²) < 4.78 is 0. The first-order valence-corrected chi connectivity index (χ1v) is 7.21. The van der Waals surface area contributed by atoms with E-state index in [0.29, 0.717) is 30.9 Å². The number of carbonyl (C=O) groups excluding carboxylic acids is 1. The van der Waals surface area contributed by atoms with Crippen LogP contribution in [0.3, 0.4) is 0 Å². The summed E-state index contributed by atoms with van der Waals surface area (Å²) in [6.45, 7) is 5.69. The van der Waals surface area contributed by atoms with E-state index in [0.717, 1.165) is 25.2 Å². The molecule has 0 radical (unpaired) electrons. The quantitative estimate of drug-likeness (QED) is 0.526. The summed E-state index contributed by atoms with van der Waals surface area (Å²) in [5, 5.41) is 9.01. The molecule has 2 heterocycles. The first kappa shape index (κ1) is 15.7. The maximum atomic E-state index is 12.6. The molecule has 2 rings (SSSR count). The first-order chi connectivity index (χ1) is 10.2. The predicted molar refractivity (Wildman–Crippen MR) is 80.8 cm³/mol. The van der Waals surface area contributed by atoms with Gasteiger partial charge in [0.05, 0.1) is 17.9 Å². The van der Waals surface area contributed by atoms with Gasteiger partial charge in [-0.2, -0.15) is 0 Å². The number of aliphatic hydroxyl groups is 1. The van der Waals surface area contributed by atoms with Crippen molar-refractivity contribution < 1.29 is 9.90 Å². The number of aliphatic hydroxyl groups excluding tert-OH is 1. The van der Waals surface area contributed by atoms with Gasteiger partial charge in [0.25, 0.3) is 5.91 Å². The highest BCUT2D eigenvalue weighted by atomic mass is 16.3. The molecule has 7 nitrogen and oxygen atoms in total. The summed E-state index contributed by atoms with van der Waals surface area (Å²) in [6, 6.07) is 1.77. The molecule has 0 aromatic carbocycles. The van der Waals surface area contributed by atoms with E-state index < -0.39 is 0 Å². The van der Waals surface area contributed by atoms with Gasteiger partial charge in [-0.1, -0.05) is 0 Å². The number of hydrogen-bond donors (Lipinski definition) is 3. The Balaban J connectivity index is 2.09. The summed E-state index contributed by atoms with van der Waals surface area (Å²) in [5.74, 6) is 5.44. The molecule has 1 aromatic heterocycles. The van der Waals surface area contributed by atoms with Gasteiger partial charge in [0, 0.05) is 38.1 Å². The lowest BCUT2D eigenvalue weighted by Gasteiger charge is -2.22. The Bertz CT molecular complexity index is 494. The lowest BCUT2D eigenvalue weighted by atomic mass is 10.2. The number of pyridine rings is 1. The molecular weight excluding hydrogens is 270 g/mol. The van der Waals surface area contributed by atoms with Crippen LogP contribution in [0.15, 0.2) is 12.3 Å². The molecule has 1 amide bonds. The molecule has 21 heavy (non-hydrogen) atoms. The van der Waals surface area contributed by atoms with E-state index in [2.05, 4.69) is 15.3 Å². The maximum Gasteiger partial charge on any atom is 0.257 e. The van der Waals surface area contributed by atoms with Gasteiger partial charge in [-0.3, -0.25) is 20.5 Å². The summed E-state index contributed by atoms with van der Waals surface area (Å²) in [5.41, 5.74) is 4.48. The Morgan fingerprint density at radius 2 is 2.24 bits per heavy atom. The zero-order chi connectivity index (χ0) is 15.2. The van der Waals surface area contributed by atoms with E-state index in [9.17, 15) is 4.79 Å². The molecule has 116 valence electrons. The van der Waals surface area contributed by atoms with Gasteiger partial charge in [0.2, 0.25) is 0 Å². The summed E-state index contributed by atoms with van der Waals surface area (Å²) in [7, 11) is 0. The molecule has 1 aromatic rings. The van der Waals surface area contributed by atoms with Crippen molar-refractivity contribution in [2.24, 2.45) is 5.84 Å². The summed E-state index contributed by atoms with van der Waals surface area (Å²) >= 11 is 0. The molecule has 0 spiro atoms. The number of anilines is 1. The van der Waals surface area contributed by atoms with Crippen LogP contribution in [0.1, 0.15) is 22.5 Å². The van der Waals surface area contributed by atoms with E-state index in [-0.39, 0.29) is 12.5 Å². The topological polar surface area (TPSA) is 94.7 Å². The number of aryl methyl sites for hydroxylation is 1. The number of aromatic nitrogens is 1. The van der Waals surface area contributed by atoms with Gasteiger partial charge in [0.1, 0.15) is 0 Å². The van der Waals surface area contributed by atoms with Crippen molar-refractivity contribution in [2.75, 3.05) is 44.8 Å². The first-order valence-electron chi connectivity index (χ1n) is 7.21. The van der Waals surface area contributed by atoms with Crippen LogP contribution in [-0.4, -0.2) is 65.1 Å². The van der Waals surface area contributed by atoms with Crippen LogP contribution in [0.25, 0.3) is 0 Å². The molecular formula is C14H23N5O2. The van der Waals surface area contributed by atoms with Crippen molar-refractivity contribution in [2.45, 2.75) is 13.3 Å². The fourth-order valence-corrected chi connectivity index (χ4v) is 2.56. The molecule has 0 bridgehead atoms. The second-order valence-electron chi connectivity index (χ2n) is 5.23. The average molecular weight is 293 g/mol. The summed E-state index contributed by atoms with van der Waals surface area (Å²) in [6.07, 6.45) is 2.47. The second-order valence-corrected chi connectivity index (χ2v) is 5.23. The zero-order valence-electron chi connectivity index (χ0n) is 12.4. The Morgan fingerprint density at radius 1 is 1.43 bits per heavy atom. The summed E-state index contributed by atoms with van der Waals surface area (Å²) in [4.78, 5) is 20.8. The van der Waals surface area contributed by atoms with Crippen LogP contribution in [0.4, 0.5) is 5.69 Å². The van der Waals surface area contributed by atoms with E-state index in [4.69, 9.17) is 10.9 Å². The lowest BCUT2D eigenvalue weighted by molar-refractivity contribution is 0.0761. The van der Waals surface area contributed by atoms with Gasteiger partial charge in [0.15, 0.2) is 0 Å². The van der Waals surface area contributed by atoms with E-state index in [1.165, 1.54) is 0 Å². The van der Waals surface area contributed by atoms with Gasteiger partial charge in [-0.15, -0.1) is 0 Å². The molecule has 0 atom stereocenters. The molecule has 1 saturated heterocycles. The number of nitrogen functional groups attached to an aromatic ring is 1. The minimum atomic E-state index is -0.0544. The predicted octanol–water partition coefficient (Wildman–Crippen LogP) is -0.184. The number of nitrogens with one attached hydrogen (secondary N) is 1. The molecule has 7 heteroatoms. The number of amides is 1. The fraction of sp³-hybridized carbons (Fsp3) is 0.571. The van der Waals surface area contributed by atoms with Gasteiger partial charge in [-0.25, -0.2) is 0 Å². The van der Waals surface area contributed by atoms with Crippen molar-refractivity contribution in [3.63, 3.8) is 0 Å². The highest BCUT2D eigenvalue weighted by molar-refractivity contribution is 5.99. The van der Waals surface area contributed by atoms with E-state index in [1.807, 2.05) is 11.8 Å². The van der Waals surface area contributed by atoms with Crippen molar-refractivity contribution in [3.8, 4) is 0 Å². The SMILES string of the molecule is Cc1cc(NN)c(C(=O)N2CCCN(CCO)CC2)cn1. The number of rotatable bonds is 4. The molecule has 4 N–H and O–H groups in total. The van der Waals surface area contributed by atoms with Gasteiger partial charge >= 0.3 is 0 Å². The molecule has 1 aliphatic rings. The standard InChI is InChI=1S/C14H23N5O2/c1-11-9-13(17-15)12(10-16-11)14(21)19-4-2-3-18(5-6-19)7-8-20/h9-10,20H,2-8,15H2,1H3,(H,16,17). The Kier molecular flexibility index (Phi) is 5.49. The molecule has 0 unspecified atom stereocenters. The van der Waals surface area contributed by atoms with E-state index in [1.54, 1.807) is 12.3 Å². The highest BCUT2D eigenvalue weighted by Crippen LogP contribution is 2.17. The number of carbonyl (C=O) groups is 1. The Morgan fingerprint density at radius 3 is 2.95 bits per heavy atom. The van der Waals surface area contributed by atoms with Crippen LogP contribution in [0.2, 0.25) is 0 Å². The van der Waals surface area contributed by atoms with Crippen LogP contribution >= 0.6 is 0 Å². The minimum Gasteiger partial charge on any atom is -0.395 e. The normalized spacial score (nSPS) is 16.6. The van der Waals surface area contributed by atoms with Gasteiger partial charge < -0.3 is 15.4 Å². The highest BCUT2D eigenvalue weighted by Gasteiger charge is 2.22. The number of hydrogen-bond acceptors (Lipinski definition) is 6. The van der Waals surface area contributed by atoms with Crippen LogP contribution in [-0.2, 0) is 0 Å². The zero-order valence-corrected chi connectivity index (χ0v) is 12.4. The fourth-order valence-electron chi connectivity index (χ4n) is 2.56. The molecule has 1 aliphatic heterocycles. The number of β-amino-alcohol motifs (C(OH)–C–C–N with tert-alkyl or cyclic N) is 1. The number of nitrogens with zero attached hydrogens (tertiary/aromatic N) is 3. The third-order valence-electron chi connectivity index (χ3n) is 3.72. The smallest absolute Gasteiger partial charge is 0.257 e. The van der Waals surface area contributed by atoms with Crippen LogP contribution < -0.4 is 11.3 Å². The largest absolute Gasteiger partial charge is 0.395 e. The number of nitrogens with two attached hydrogens (primary N) is 1. The number of hydrazine groups is 1. The maximum absolute atomic E-state index is 12.6. The van der Waals surface area contributed by atoms with Gasteiger partial charge in [-0.05, 0) is 26.0 Å². The van der Waals surface area contributed by atoms with Crippen LogP contribution in [0, 0.1) is 6.92 Å². The monoisotopic (exact) mass is 293 g/mol. The molecule has 0 aliphatic carbocycles. The van der Waals surface area contributed by atoms with Crippen molar-refractivity contribution in [1.29, 1.82) is 0 Å². The minimum absolute atomic E-state index is 0.0544. The second kappa shape index (κ2) is 7.35. The molecule has 0 saturated carbocycles. The Labute approximate surface area is 124 Å². The van der Waals surface area contributed by atoms with E-state index >= 15 is 0 Å². The third kappa shape index (κ3) is 3.90. The van der Waals surface area contributed by atoms with Crippen molar-refractivity contribution in [3.05, 3.63) is 23.5 Å². The Hall–Kier alpha value is -1.70. The lowest BCUT2D eigenvalue weighted by Crippen LogP contribution is -2.36. The van der Waals surface area contributed by atoms with Crippen molar-refractivity contribution in [1.82, 2.24) is 14.8 Å². The van der Waals surface area contributed by atoms with Crippen LogP contribution in [0.5, 0.6) is 0 Å². The third-order valence-corrected chi connectivity index (χ3v) is 3.72.